The quantitative estimate of drug-likeness (QED) is 0.340. The Morgan fingerprint density at radius 1 is 0.781 bits per heavy atom. The van der Waals surface area contributed by atoms with Crippen LogP contribution in [-0.2, 0) is 19.1 Å². The van der Waals surface area contributed by atoms with Gasteiger partial charge in [-0.3, -0.25) is 0 Å². The molecule has 8 nitrogen and oxygen atoms in total. The highest BCUT2D eigenvalue weighted by Gasteiger charge is 2.22. The predicted molar refractivity (Wildman–Crippen MR) is 118 cm³/mol. The van der Waals surface area contributed by atoms with Gasteiger partial charge >= 0.3 is 11.9 Å². The first-order valence-electron chi connectivity index (χ1n) is 9.67. The number of ether oxygens (including phenoxy) is 5. The van der Waals surface area contributed by atoms with Crippen LogP contribution in [0.5, 0.6) is 17.2 Å². The molecule has 1 N–H and O–H groups in total. The smallest absolute Gasteiger partial charge is 0.333 e. The number of carbonyl (C=O) groups excluding carboxylic acids is 2. The third kappa shape index (κ3) is 7.48. The largest absolute Gasteiger partial charge is 0.497 e. The first-order chi connectivity index (χ1) is 15.4. The zero-order valence-corrected chi connectivity index (χ0v) is 18.3. The van der Waals surface area contributed by atoms with Gasteiger partial charge in [-0.2, -0.15) is 0 Å². The second kappa shape index (κ2) is 12.2. The summed E-state index contributed by atoms with van der Waals surface area (Å²) < 4.78 is 25.6. The maximum atomic E-state index is 12.1. The molecule has 2 rings (SSSR count). The Hall–Kier alpha value is -3.78. The van der Waals surface area contributed by atoms with E-state index >= 15 is 0 Å². The number of rotatable bonds is 10. The minimum atomic E-state index is -1.47. The summed E-state index contributed by atoms with van der Waals surface area (Å²) in [7, 11) is 4.58. The lowest BCUT2D eigenvalue weighted by Gasteiger charge is -2.19. The van der Waals surface area contributed by atoms with Crippen molar-refractivity contribution in [3.8, 4) is 17.2 Å². The normalized spacial score (nSPS) is 12.9. The molecule has 0 saturated carbocycles. The number of hydrogen-bond donors (Lipinski definition) is 1. The van der Waals surface area contributed by atoms with Gasteiger partial charge in [0, 0.05) is 12.2 Å². The van der Waals surface area contributed by atoms with Gasteiger partial charge in [0.05, 0.1) is 21.3 Å². The van der Waals surface area contributed by atoms with Gasteiger partial charge < -0.3 is 28.8 Å². The van der Waals surface area contributed by atoms with Crippen molar-refractivity contribution < 1.29 is 38.4 Å². The lowest BCUT2D eigenvalue weighted by atomic mass is 10.2. The second-order valence-corrected chi connectivity index (χ2v) is 6.54. The molecule has 0 spiro atoms. The molecule has 0 aliphatic carbocycles. The van der Waals surface area contributed by atoms with Crippen LogP contribution in [0.1, 0.15) is 18.1 Å². The summed E-state index contributed by atoms with van der Waals surface area (Å²) in [5.74, 6) is 0.173. The Morgan fingerprint density at radius 2 is 1.31 bits per heavy atom. The van der Waals surface area contributed by atoms with Crippen molar-refractivity contribution in [1.29, 1.82) is 0 Å². The fourth-order valence-electron chi connectivity index (χ4n) is 2.53. The number of aliphatic hydroxyl groups is 1. The molecule has 0 bridgehead atoms. The third-order valence-corrected chi connectivity index (χ3v) is 4.21. The minimum Gasteiger partial charge on any atom is -0.497 e. The maximum Gasteiger partial charge on any atom is 0.333 e. The molecule has 2 unspecified atom stereocenters. The molecule has 0 radical (unpaired) electrons. The van der Waals surface area contributed by atoms with E-state index in [9.17, 15) is 14.7 Å². The summed E-state index contributed by atoms with van der Waals surface area (Å²) in [4.78, 5) is 24.2. The molecule has 0 saturated heterocycles. The zero-order valence-electron chi connectivity index (χ0n) is 18.3. The van der Waals surface area contributed by atoms with Gasteiger partial charge in [-0.25, -0.2) is 9.59 Å². The lowest BCUT2D eigenvalue weighted by Crippen LogP contribution is -2.33. The van der Waals surface area contributed by atoms with Gasteiger partial charge in [-0.15, -0.1) is 0 Å². The van der Waals surface area contributed by atoms with Crippen LogP contribution < -0.4 is 14.2 Å². The molecule has 32 heavy (non-hydrogen) atoms. The van der Waals surface area contributed by atoms with E-state index in [-0.39, 0.29) is 0 Å². The molecule has 0 heterocycles. The maximum absolute atomic E-state index is 12.1. The van der Waals surface area contributed by atoms with Gasteiger partial charge in [0.25, 0.3) is 6.29 Å². The fraction of sp³-hybridized carbons (Fsp3) is 0.250. The van der Waals surface area contributed by atoms with Crippen LogP contribution in [0.4, 0.5) is 0 Å². The predicted octanol–water partition coefficient (Wildman–Crippen LogP) is 3.23. The molecule has 0 amide bonds. The van der Waals surface area contributed by atoms with Gasteiger partial charge in [0.15, 0.2) is 11.5 Å². The van der Waals surface area contributed by atoms with Gasteiger partial charge in [-0.1, -0.05) is 18.2 Å². The Kier molecular flexibility index (Phi) is 9.31. The average molecular weight is 442 g/mol. The van der Waals surface area contributed by atoms with Crippen LogP contribution in [-0.4, -0.2) is 50.8 Å². The van der Waals surface area contributed by atoms with Crippen molar-refractivity contribution in [1.82, 2.24) is 0 Å². The SMILES string of the molecule is COc1ccc(C=CC(=O)OC(OC(=O)C=Cc2ccc(OC)c(OC)c2)C(C)O)cc1. The van der Waals surface area contributed by atoms with Crippen LogP contribution in [0.2, 0.25) is 0 Å². The van der Waals surface area contributed by atoms with Crippen LogP contribution in [0.25, 0.3) is 12.2 Å². The molecule has 0 aromatic heterocycles. The first kappa shape index (κ1) is 24.5. The molecule has 0 aliphatic heterocycles. The second-order valence-electron chi connectivity index (χ2n) is 6.54. The summed E-state index contributed by atoms with van der Waals surface area (Å²) in [5, 5.41) is 9.82. The number of hydrogen-bond acceptors (Lipinski definition) is 8. The number of aliphatic hydroxyl groups excluding tert-OH is 1. The van der Waals surface area contributed by atoms with E-state index in [0.717, 1.165) is 11.6 Å². The number of methoxy groups -OCH3 is 3. The minimum absolute atomic E-state index is 0.502. The molecular weight excluding hydrogens is 416 g/mol. The summed E-state index contributed by atoms with van der Waals surface area (Å²) in [6, 6.07) is 12.1. The van der Waals surface area contributed by atoms with E-state index in [2.05, 4.69) is 0 Å². The summed E-state index contributed by atoms with van der Waals surface area (Å²) in [6.07, 6.45) is 2.65. The van der Waals surface area contributed by atoms with E-state index in [1.165, 1.54) is 39.4 Å². The van der Waals surface area contributed by atoms with Crippen molar-refractivity contribution in [2.75, 3.05) is 21.3 Å². The molecule has 2 aromatic rings. The highest BCUT2D eigenvalue weighted by molar-refractivity contribution is 5.88. The van der Waals surface area contributed by atoms with E-state index in [4.69, 9.17) is 23.7 Å². The Balaban J connectivity index is 1.96. The van der Waals surface area contributed by atoms with Crippen LogP contribution in [0.3, 0.4) is 0 Å². The average Bonchev–Trinajstić information content (AvgIpc) is 2.80. The van der Waals surface area contributed by atoms with Crippen LogP contribution >= 0.6 is 0 Å². The monoisotopic (exact) mass is 442 g/mol. The molecule has 2 aromatic carbocycles. The van der Waals surface area contributed by atoms with E-state index in [1.54, 1.807) is 49.6 Å². The van der Waals surface area contributed by atoms with Crippen LogP contribution in [0, 0.1) is 0 Å². The lowest BCUT2D eigenvalue weighted by molar-refractivity contribution is -0.198. The molecule has 0 fully saturated rings. The van der Waals surface area contributed by atoms with Gasteiger partial charge in [0.2, 0.25) is 0 Å². The fourth-order valence-corrected chi connectivity index (χ4v) is 2.53. The van der Waals surface area contributed by atoms with Crippen molar-refractivity contribution >= 4 is 24.1 Å². The van der Waals surface area contributed by atoms with Gasteiger partial charge in [0.1, 0.15) is 11.9 Å². The highest BCUT2D eigenvalue weighted by atomic mass is 16.7. The van der Waals surface area contributed by atoms with E-state index in [0.29, 0.717) is 22.8 Å². The summed E-state index contributed by atoms with van der Waals surface area (Å²) >= 11 is 0. The topological polar surface area (TPSA) is 101 Å². The number of benzene rings is 2. The highest BCUT2D eigenvalue weighted by Crippen LogP contribution is 2.28. The molecular formula is C24H26O8. The zero-order chi connectivity index (χ0) is 23.5. The van der Waals surface area contributed by atoms with Crippen molar-refractivity contribution in [2.45, 2.75) is 19.3 Å². The third-order valence-electron chi connectivity index (χ3n) is 4.21. The number of esters is 2. The Labute approximate surface area is 186 Å². The van der Waals surface area contributed by atoms with Crippen LogP contribution in [0.15, 0.2) is 54.6 Å². The standard InChI is InChI=1S/C24H26O8/c1-16(25)24(31-22(26)13-8-17-5-10-19(28-2)11-6-17)32-23(27)14-9-18-7-12-20(29-3)21(15-18)30-4/h5-16,24-25H,1-4H3. The molecule has 8 heteroatoms. The molecule has 0 aliphatic rings. The van der Waals surface area contributed by atoms with Gasteiger partial charge in [-0.05, 0) is 54.5 Å². The van der Waals surface area contributed by atoms with E-state index < -0.39 is 24.3 Å². The van der Waals surface area contributed by atoms with Crippen molar-refractivity contribution in [2.24, 2.45) is 0 Å². The summed E-state index contributed by atoms with van der Waals surface area (Å²) in [6.45, 7) is 1.34. The number of carbonyl (C=O) groups is 2. The van der Waals surface area contributed by atoms with Crippen molar-refractivity contribution in [3.05, 3.63) is 65.7 Å². The Bertz CT molecular complexity index is 960. The molecule has 170 valence electrons. The first-order valence-corrected chi connectivity index (χ1v) is 9.67. The van der Waals surface area contributed by atoms with E-state index in [1.807, 2.05) is 0 Å². The summed E-state index contributed by atoms with van der Waals surface area (Å²) in [5.41, 5.74) is 1.40. The Morgan fingerprint density at radius 3 is 1.81 bits per heavy atom. The van der Waals surface area contributed by atoms with Crippen molar-refractivity contribution in [3.63, 3.8) is 0 Å². The molecule has 2 atom stereocenters.